The molecule has 352 valence electrons. The number of likely N-dealkylation sites (N-methyl/N-ethyl adjacent to an activating group) is 1. The average Bonchev–Trinajstić information content (AvgIpc) is 3.69. The van der Waals surface area contributed by atoms with E-state index >= 15 is 0 Å². The molecule has 1 N–H and O–H groups in total. The lowest BCUT2D eigenvalue weighted by Crippen LogP contribution is -2.37. The first-order valence-electron chi connectivity index (χ1n) is 24.1. The van der Waals surface area contributed by atoms with Crippen molar-refractivity contribution in [3.8, 4) is 0 Å². The highest BCUT2D eigenvalue weighted by molar-refractivity contribution is 7.47. The second-order valence-electron chi connectivity index (χ2n) is 18.3. The van der Waals surface area contributed by atoms with Crippen LogP contribution in [-0.2, 0) is 58.4 Å². The summed E-state index contributed by atoms with van der Waals surface area (Å²) in [5.41, 5.74) is 3.87. The summed E-state index contributed by atoms with van der Waals surface area (Å²) >= 11 is 0. The lowest BCUT2D eigenvalue weighted by Gasteiger charge is -2.24. The van der Waals surface area contributed by atoms with Crippen LogP contribution in [0.2, 0.25) is 0 Å². The Kier molecular flexibility index (Phi) is 28.2. The molecule has 0 aliphatic carbocycles. The van der Waals surface area contributed by atoms with Crippen molar-refractivity contribution in [3.63, 3.8) is 0 Å². The number of carbonyl (C=O) groups excluding carboxylic acids is 2. The lowest BCUT2D eigenvalue weighted by atomic mass is 10.0. The Morgan fingerprint density at radius 2 is 1.13 bits per heavy atom. The van der Waals surface area contributed by atoms with Crippen LogP contribution in [-0.4, -0.2) is 74.9 Å². The number of quaternary nitrogens is 1. The zero-order valence-corrected chi connectivity index (χ0v) is 40.8. The van der Waals surface area contributed by atoms with E-state index in [4.69, 9.17) is 27.4 Å². The molecule has 2 heterocycles. The number of unbranched alkanes of at least 4 members (excludes halogenated alkanes) is 16. The van der Waals surface area contributed by atoms with Crippen LogP contribution in [0.15, 0.2) is 14.9 Å². The van der Waals surface area contributed by atoms with Crippen molar-refractivity contribution in [2.24, 2.45) is 0 Å². The van der Waals surface area contributed by atoms with Gasteiger partial charge >= 0.3 is 19.8 Å². The maximum Gasteiger partial charge on any atom is 0.472 e. The van der Waals surface area contributed by atoms with Gasteiger partial charge in [-0.2, -0.15) is 0 Å². The van der Waals surface area contributed by atoms with Gasteiger partial charge in [0.2, 0.25) is 0 Å². The third-order valence-electron chi connectivity index (χ3n) is 11.5. The van der Waals surface area contributed by atoms with E-state index in [0.717, 1.165) is 107 Å². The molecule has 2 rings (SSSR count). The highest BCUT2D eigenvalue weighted by Gasteiger charge is 2.27. The fourth-order valence-corrected chi connectivity index (χ4v) is 8.17. The molecule has 61 heavy (non-hydrogen) atoms. The monoisotopic (exact) mass is 881 g/mol. The number of furan rings is 2. The number of phosphoric ester groups is 1. The third kappa shape index (κ3) is 26.1. The molecule has 12 heteroatoms. The Balaban J connectivity index is 1.62. The Morgan fingerprint density at radius 1 is 0.623 bits per heavy atom. The predicted molar refractivity (Wildman–Crippen MR) is 245 cm³/mol. The molecular weight excluding hydrogens is 794 g/mol. The van der Waals surface area contributed by atoms with Gasteiger partial charge in [-0.05, 0) is 82.1 Å². The number of hydrogen-bond donors (Lipinski definition) is 1. The molecule has 0 spiro atoms. The fourth-order valence-electron chi connectivity index (χ4n) is 7.43. The summed E-state index contributed by atoms with van der Waals surface area (Å²) in [5, 5.41) is 0. The molecule has 2 aromatic heterocycles. The van der Waals surface area contributed by atoms with Crippen LogP contribution < -0.4 is 0 Å². The Bertz CT molecular complexity index is 1530. The first kappa shape index (κ1) is 54.7. The number of ether oxygens (including phenoxy) is 2. The minimum absolute atomic E-state index is 0.0195. The normalized spacial score (nSPS) is 13.4. The van der Waals surface area contributed by atoms with Crippen molar-refractivity contribution >= 4 is 19.8 Å². The van der Waals surface area contributed by atoms with Crippen LogP contribution in [0.5, 0.6) is 0 Å². The molecule has 0 radical (unpaired) electrons. The second kappa shape index (κ2) is 31.4. The number of nitrogens with zero attached hydrogens (tertiary/aromatic N) is 1. The SMILES string of the molecule is CCCCCc1cc(C)c(CCCCCCCCCCCCC(=O)OCC(COP(=O)(O)OCC[N+](C)(C)C)OC(=O)CCCCCCCCc2oc(CCC)c(C)c2C)o1. The van der Waals surface area contributed by atoms with E-state index < -0.39 is 26.5 Å². The van der Waals surface area contributed by atoms with Gasteiger partial charge in [0, 0.05) is 38.5 Å². The quantitative estimate of drug-likeness (QED) is 0.0300. The van der Waals surface area contributed by atoms with E-state index in [1.807, 2.05) is 21.1 Å². The molecule has 0 aliphatic heterocycles. The number of esters is 2. The van der Waals surface area contributed by atoms with Crippen LogP contribution >= 0.6 is 7.82 Å². The molecule has 0 aliphatic rings. The molecular formula is C49H87NO10P+. The van der Waals surface area contributed by atoms with Crippen molar-refractivity contribution in [3.05, 3.63) is 45.8 Å². The first-order chi connectivity index (χ1) is 29.1. The first-order valence-corrected chi connectivity index (χ1v) is 25.6. The van der Waals surface area contributed by atoms with Crippen molar-refractivity contribution in [2.75, 3.05) is 47.5 Å². The van der Waals surface area contributed by atoms with Crippen LogP contribution in [0.4, 0.5) is 0 Å². The molecule has 0 saturated heterocycles. The predicted octanol–water partition coefficient (Wildman–Crippen LogP) is 12.6. The minimum Gasteiger partial charge on any atom is -0.466 e. The molecule has 2 atom stereocenters. The highest BCUT2D eigenvalue weighted by Crippen LogP contribution is 2.43. The largest absolute Gasteiger partial charge is 0.472 e. The molecule has 2 aromatic rings. The number of rotatable bonds is 38. The van der Waals surface area contributed by atoms with Crippen molar-refractivity contribution in [1.82, 2.24) is 0 Å². The van der Waals surface area contributed by atoms with Gasteiger partial charge in [-0.1, -0.05) is 104 Å². The molecule has 0 amide bonds. The summed E-state index contributed by atoms with van der Waals surface area (Å²) in [5.74, 6) is 3.71. The van der Waals surface area contributed by atoms with E-state index in [0.29, 0.717) is 17.4 Å². The van der Waals surface area contributed by atoms with Crippen LogP contribution in [0.1, 0.15) is 195 Å². The summed E-state index contributed by atoms with van der Waals surface area (Å²) in [6.45, 7) is 10.7. The number of hydrogen-bond acceptors (Lipinski definition) is 9. The molecule has 0 aromatic carbocycles. The van der Waals surface area contributed by atoms with E-state index in [1.165, 1.54) is 80.2 Å². The summed E-state index contributed by atoms with van der Waals surface area (Å²) in [7, 11) is 1.44. The van der Waals surface area contributed by atoms with Gasteiger partial charge in [-0.3, -0.25) is 18.6 Å². The molecule has 0 bridgehead atoms. The van der Waals surface area contributed by atoms with Gasteiger partial charge in [0.1, 0.15) is 42.8 Å². The molecule has 2 unspecified atom stereocenters. The van der Waals surface area contributed by atoms with Gasteiger partial charge in [-0.15, -0.1) is 0 Å². The minimum atomic E-state index is -4.40. The van der Waals surface area contributed by atoms with E-state index in [1.54, 1.807) is 0 Å². The fraction of sp³-hybridized carbons (Fsp3) is 0.796. The van der Waals surface area contributed by atoms with Gasteiger partial charge < -0.3 is 27.7 Å². The van der Waals surface area contributed by atoms with E-state index in [2.05, 4.69) is 40.7 Å². The zero-order chi connectivity index (χ0) is 44.9. The molecule has 0 saturated carbocycles. The van der Waals surface area contributed by atoms with Crippen LogP contribution in [0.25, 0.3) is 0 Å². The number of phosphoric acid groups is 1. The smallest absolute Gasteiger partial charge is 0.466 e. The summed E-state index contributed by atoms with van der Waals surface area (Å²) in [6, 6.07) is 2.23. The molecule has 11 nitrogen and oxygen atoms in total. The van der Waals surface area contributed by atoms with Gasteiger partial charge in [-0.25, -0.2) is 4.57 Å². The Labute approximate surface area is 370 Å². The van der Waals surface area contributed by atoms with Gasteiger partial charge in [0.15, 0.2) is 6.10 Å². The van der Waals surface area contributed by atoms with Crippen LogP contribution in [0.3, 0.4) is 0 Å². The van der Waals surface area contributed by atoms with Crippen LogP contribution in [0, 0.1) is 20.8 Å². The second-order valence-corrected chi connectivity index (χ2v) is 19.7. The Morgan fingerprint density at radius 3 is 1.69 bits per heavy atom. The third-order valence-corrected chi connectivity index (χ3v) is 12.4. The maximum atomic E-state index is 12.8. The van der Waals surface area contributed by atoms with Crippen molar-refractivity contribution in [2.45, 2.75) is 208 Å². The van der Waals surface area contributed by atoms with E-state index in [9.17, 15) is 19.0 Å². The topological polar surface area (TPSA) is 135 Å². The number of carbonyl (C=O) groups is 2. The standard InChI is InChI=1S/C49H86NO10P/c1-9-11-24-30-43-37-40(3)45(58-43)31-25-20-16-14-12-13-15-17-22-27-33-48(51)55-38-44(39-57-61(53,54)56-36-35-50(6,7)8)59-49(52)34-28-23-19-18-21-26-32-47-42(5)41(4)46(60-47)29-10-2/h37,44H,9-36,38-39H2,1-8H3/p+1. The summed E-state index contributed by atoms with van der Waals surface area (Å²) in [4.78, 5) is 35.6. The van der Waals surface area contributed by atoms with E-state index in [-0.39, 0.29) is 32.0 Å². The Hall–Kier alpha value is -2.43. The summed E-state index contributed by atoms with van der Waals surface area (Å²) < 4.78 is 46.7. The van der Waals surface area contributed by atoms with Crippen molar-refractivity contribution < 1.29 is 50.9 Å². The van der Waals surface area contributed by atoms with Gasteiger partial charge in [0.25, 0.3) is 0 Å². The number of aryl methyl sites for hydroxylation is 5. The van der Waals surface area contributed by atoms with Crippen molar-refractivity contribution in [1.29, 1.82) is 0 Å². The lowest BCUT2D eigenvalue weighted by molar-refractivity contribution is -0.870. The maximum absolute atomic E-state index is 12.8. The molecule has 0 fully saturated rings. The zero-order valence-electron chi connectivity index (χ0n) is 39.9. The van der Waals surface area contributed by atoms with Gasteiger partial charge in [0.05, 0.1) is 27.7 Å². The average molecular weight is 881 g/mol. The summed E-state index contributed by atoms with van der Waals surface area (Å²) in [6.07, 6.45) is 25.3. The highest BCUT2D eigenvalue weighted by atomic mass is 31.2.